The molecule has 1 heterocycles. The van der Waals surface area contributed by atoms with Gasteiger partial charge in [-0.3, -0.25) is 5.43 Å². The van der Waals surface area contributed by atoms with Crippen molar-refractivity contribution in [1.82, 2.24) is 5.43 Å². The fourth-order valence-corrected chi connectivity index (χ4v) is 3.53. The summed E-state index contributed by atoms with van der Waals surface area (Å²) in [6.07, 6.45) is 0. The summed E-state index contributed by atoms with van der Waals surface area (Å²) in [5.41, 5.74) is 9.38. The van der Waals surface area contributed by atoms with Crippen molar-refractivity contribution >= 4 is 28.0 Å². The van der Waals surface area contributed by atoms with E-state index in [4.69, 9.17) is 10.1 Å². The van der Waals surface area contributed by atoms with Crippen LogP contribution in [-0.4, -0.2) is 11.5 Å². The second-order valence-corrected chi connectivity index (χ2v) is 6.95. The van der Waals surface area contributed by atoms with Gasteiger partial charge in [0.05, 0.1) is 11.4 Å². The van der Waals surface area contributed by atoms with Crippen molar-refractivity contribution in [3.8, 4) is 0 Å². The molecule has 4 aromatic carbocycles. The zero-order valence-corrected chi connectivity index (χ0v) is 15.6. The van der Waals surface area contributed by atoms with Gasteiger partial charge in [-0.2, -0.15) is 5.10 Å². The van der Waals surface area contributed by atoms with Gasteiger partial charge in [0.1, 0.15) is 0 Å². The molecule has 0 spiro atoms. The normalized spacial score (nSPS) is 13.2. The maximum Gasteiger partial charge on any atom is 0.154 e. The summed E-state index contributed by atoms with van der Waals surface area (Å²) in [5.74, 6) is 0.753. The Bertz CT molecular complexity index is 1220. The van der Waals surface area contributed by atoms with E-state index in [1.54, 1.807) is 0 Å². The van der Waals surface area contributed by atoms with Crippen molar-refractivity contribution in [3.63, 3.8) is 0 Å². The van der Waals surface area contributed by atoms with Gasteiger partial charge in [0.25, 0.3) is 0 Å². The van der Waals surface area contributed by atoms with Crippen LogP contribution in [0.5, 0.6) is 0 Å². The van der Waals surface area contributed by atoms with Crippen LogP contribution in [0.4, 0.5) is 5.69 Å². The molecule has 28 heavy (non-hydrogen) atoms. The smallest absolute Gasteiger partial charge is 0.154 e. The van der Waals surface area contributed by atoms with Crippen molar-refractivity contribution in [2.24, 2.45) is 10.1 Å². The van der Waals surface area contributed by atoms with E-state index < -0.39 is 0 Å². The Kier molecular flexibility index (Phi) is 3.99. The van der Waals surface area contributed by atoms with Gasteiger partial charge in [0.2, 0.25) is 0 Å². The van der Waals surface area contributed by atoms with Crippen LogP contribution >= 0.6 is 0 Å². The Labute approximate surface area is 164 Å². The highest BCUT2D eigenvalue weighted by Gasteiger charge is 2.19. The van der Waals surface area contributed by atoms with Crippen LogP contribution in [0, 0.1) is 6.92 Å². The molecular formula is C25H19N3. The number of fused-ring (bicyclic) bond motifs is 3. The van der Waals surface area contributed by atoms with Crippen molar-refractivity contribution < 1.29 is 0 Å². The molecule has 0 saturated heterocycles. The zero-order valence-electron chi connectivity index (χ0n) is 15.6. The number of hydrazone groups is 1. The molecule has 0 bridgehead atoms. The topological polar surface area (TPSA) is 36.8 Å². The van der Waals surface area contributed by atoms with Gasteiger partial charge in [0, 0.05) is 22.1 Å². The summed E-state index contributed by atoms with van der Waals surface area (Å²) in [4.78, 5) is 5.03. The Morgan fingerprint density at radius 2 is 1.43 bits per heavy atom. The van der Waals surface area contributed by atoms with Gasteiger partial charge in [-0.25, -0.2) is 4.99 Å². The van der Waals surface area contributed by atoms with E-state index in [-0.39, 0.29) is 0 Å². The average molecular weight is 361 g/mol. The van der Waals surface area contributed by atoms with Crippen LogP contribution in [0.25, 0.3) is 10.8 Å². The molecule has 0 atom stereocenters. The molecule has 0 unspecified atom stereocenters. The highest BCUT2D eigenvalue weighted by atomic mass is 15.3. The van der Waals surface area contributed by atoms with Gasteiger partial charge in [-0.15, -0.1) is 0 Å². The Balaban J connectivity index is 1.77. The van der Waals surface area contributed by atoms with Crippen molar-refractivity contribution in [2.75, 3.05) is 0 Å². The van der Waals surface area contributed by atoms with E-state index in [1.807, 2.05) is 18.2 Å². The molecular weight excluding hydrogens is 342 g/mol. The number of hydrogen-bond acceptors (Lipinski definition) is 3. The SMILES string of the molecule is Cc1ccc(C2=Nc3c(ccc4ccccc34)C(c3ccccc3)=NN2)cc1. The first-order valence-corrected chi connectivity index (χ1v) is 9.36. The van der Waals surface area contributed by atoms with E-state index in [0.29, 0.717) is 0 Å². The van der Waals surface area contributed by atoms with Crippen LogP contribution in [0.1, 0.15) is 22.3 Å². The molecule has 3 nitrogen and oxygen atoms in total. The third kappa shape index (κ3) is 2.87. The predicted molar refractivity (Wildman–Crippen MR) is 117 cm³/mol. The number of nitrogens with one attached hydrogen (secondary N) is 1. The third-order valence-electron chi connectivity index (χ3n) is 5.03. The fraction of sp³-hybridized carbons (Fsp3) is 0.0400. The summed E-state index contributed by atoms with van der Waals surface area (Å²) < 4.78 is 0. The standard InChI is InChI=1S/C25H19N3/c1-17-11-13-20(14-12-17)25-26-24-21-10-6-5-7-18(21)15-16-22(24)23(27-28-25)19-8-3-2-4-9-19/h2-16H,1H3,(H,26,28). The fourth-order valence-electron chi connectivity index (χ4n) is 3.53. The number of hydrogen-bond donors (Lipinski definition) is 1. The van der Waals surface area contributed by atoms with Crippen molar-refractivity contribution in [1.29, 1.82) is 0 Å². The summed E-state index contributed by atoms with van der Waals surface area (Å²) in [6, 6.07) is 31.2. The molecule has 1 aliphatic rings. The van der Waals surface area contributed by atoms with Crippen LogP contribution in [-0.2, 0) is 0 Å². The number of nitrogens with zero attached hydrogens (tertiary/aromatic N) is 2. The molecule has 0 saturated carbocycles. The Morgan fingerprint density at radius 3 is 2.25 bits per heavy atom. The van der Waals surface area contributed by atoms with Crippen molar-refractivity contribution in [3.05, 3.63) is 113 Å². The van der Waals surface area contributed by atoms with E-state index in [2.05, 4.69) is 85.1 Å². The largest absolute Gasteiger partial charge is 0.260 e. The van der Waals surface area contributed by atoms with Gasteiger partial charge >= 0.3 is 0 Å². The maximum absolute atomic E-state index is 5.03. The summed E-state index contributed by atoms with van der Waals surface area (Å²) in [5, 5.41) is 7.05. The minimum absolute atomic E-state index is 0.753. The number of rotatable bonds is 2. The molecule has 0 fully saturated rings. The number of benzene rings is 4. The van der Waals surface area contributed by atoms with E-state index in [9.17, 15) is 0 Å². The summed E-state index contributed by atoms with van der Waals surface area (Å²) in [7, 11) is 0. The average Bonchev–Trinajstić information content (AvgIpc) is 2.95. The van der Waals surface area contributed by atoms with E-state index in [1.165, 1.54) is 10.9 Å². The first-order valence-electron chi connectivity index (χ1n) is 9.36. The predicted octanol–water partition coefficient (Wildman–Crippen LogP) is 5.58. The molecule has 134 valence electrons. The molecule has 0 radical (unpaired) electrons. The Hall–Kier alpha value is -3.72. The lowest BCUT2D eigenvalue weighted by atomic mass is 9.97. The lowest BCUT2D eigenvalue weighted by Crippen LogP contribution is -2.19. The monoisotopic (exact) mass is 361 g/mol. The first-order chi connectivity index (χ1) is 13.8. The van der Waals surface area contributed by atoms with Crippen molar-refractivity contribution in [2.45, 2.75) is 6.92 Å². The summed E-state index contributed by atoms with van der Waals surface area (Å²) >= 11 is 0. The summed E-state index contributed by atoms with van der Waals surface area (Å²) in [6.45, 7) is 2.08. The minimum Gasteiger partial charge on any atom is -0.260 e. The second kappa shape index (κ2) is 6.78. The Morgan fingerprint density at radius 1 is 0.679 bits per heavy atom. The maximum atomic E-state index is 5.03. The quantitative estimate of drug-likeness (QED) is 0.497. The first kappa shape index (κ1) is 16.5. The molecule has 1 N–H and O–H groups in total. The highest BCUT2D eigenvalue weighted by Crippen LogP contribution is 2.33. The molecule has 0 aliphatic carbocycles. The molecule has 3 heteroatoms. The molecule has 0 amide bonds. The lowest BCUT2D eigenvalue weighted by molar-refractivity contribution is 1.03. The lowest BCUT2D eigenvalue weighted by Gasteiger charge is -2.10. The molecule has 1 aliphatic heterocycles. The van der Waals surface area contributed by atoms with E-state index in [0.717, 1.165) is 39.3 Å². The number of aliphatic imine (C=N–C) groups is 1. The number of aryl methyl sites for hydroxylation is 1. The second-order valence-electron chi connectivity index (χ2n) is 6.95. The van der Waals surface area contributed by atoms with Gasteiger partial charge in [-0.05, 0) is 18.4 Å². The van der Waals surface area contributed by atoms with Crippen LogP contribution < -0.4 is 5.43 Å². The minimum atomic E-state index is 0.753. The third-order valence-corrected chi connectivity index (χ3v) is 5.03. The molecule has 5 rings (SSSR count). The van der Waals surface area contributed by atoms with Crippen LogP contribution in [0.2, 0.25) is 0 Å². The molecule has 4 aromatic rings. The van der Waals surface area contributed by atoms with Gasteiger partial charge in [0.15, 0.2) is 5.84 Å². The highest BCUT2D eigenvalue weighted by molar-refractivity contribution is 6.21. The van der Waals surface area contributed by atoms with Gasteiger partial charge in [-0.1, -0.05) is 90.5 Å². The number of amidine groups is 1. The van der Waals surface area contributed by atoms with Crippen LogP contribution in [0.3, 0.4) is 0 Å². The molecule has 0 aromatic heterocycles. The van der Waals surface area contributed by atoms with Gasteiger partial charge < -0.3 is 0 Å². The zero-order chi connectivity index (χ0) is 18.9. The van der Waals surface area contributed by atoms with E-state index >= 15 is 0 Å². The van der Waals surface area contributed by atoms with Crippen LogP contribution in [0.15, 0.2) is 101 Å².